The fraction of sp³-hybridized carbons (Fsp3) is 0.143. The minimum absolute atomic E-state index is 0.259. The third kappa shape index (κ3) is 3.50. The van der Waals surface area contributed by atoms with Crippen LogP contribution in [0.5, 0.6) is 0 Å². The van der Waals surface area contributed by atoms with Gasteiger partial charge < -0.3 is 15.4 Å². The molecule has 0 aliphatic rings. The molecule has 1 unspecified atom stereocenters. The van der Waals surface area contributed by atoms with Crippen LogP contribution in [0.3, 0.4) is 0 Å². The second kappa shape index (κ2) is 6.40. The lowest BCUT2D eigenvalue weighted by atomic mass is 10.2. The van der Waals surface area contributed by atoms with Crippen molar-refractivity contribution in [2.24, 2.45) is 0 Å². The predicted octanol–water partition coefficient (Wildman–Crippen LogP) is 1.29. The minimum Gasteiger partial charge on any atom is -0.480 e. The van der Waals surface area contributed by atoms with Crippen molar-refractivity contribution in [3.05, 3.63) is 51.4 Å². The number of carbonyl (C=O) groups excluding carboxylic acids is 1. The fourth-order valence-electron chi connectivity index (χ4n) is 1.65. The summed E-state index contributed by atoms with van der Waals surface area (Å²) in [5.41, 5.74) is -0.284. The van der Waals surface area contributed by atoms with Crippen molar-refractivity contribution in [3.63, 3.8) is 0 Å². The summed E-state index contributed by atoms with van der Waals surface area (Å²) in [5.74, 6) is -1.72. The van der Waals surface area contributed by atoms with Gasteiger partial charge in [0.2, 0.25) is 0 Å². The van der Waals surface area contributed by atoms with Crippen molar-refractivity contribution in [3.8, 4) is 11.4 Å². The van der Waals surface area contributed by atoms with Crippen molar-refractivity contribution < 1.29 is 14.7 Å². The number of carbonyl (C=O) groups is 2. The highest BCUT2D eigenvalue weighted by Crippen LogP contribution is 2.16. The van der Waals surface area contributed by atoms with E-state index in [9.17, 15) is 14.4 Å². The average Bonchev–Trinajstić information content (AvgIpc) is 2.47. The van der Waals surface area contributed by atoms with E-state index in [0.717, 1.165) is 6.20 Å². The molecule has 3 N–H and O–H groups in total. The van der Waals surface area contributed by atoms with Gasteiger partial charge in [0.05, 0.1) is 0 Å². The van der Waals surface area contributed by atoms with Gasteiger partial charge in [0, 0.05) is 16.8 Å². The molecule has 2 rings (SSSR count). The van der Waals surface area contributed by atoms with Crippen molar-refractivity contribution in [2.45, 2.75) is 13.0 Å². The predicted molar refractivity (Wildman–Crippen MR) is 79.9 cm³/mol. The van der Waals surface area contributed by atoms with Gasteiger partial charge in [-0.05, 0) is 31.2 Å². The minimum atomic E-state index is -1.20. The van der Waals surface area contributed by atoms with Crippen molar-refractivity contribution in [2.75, 3.05) is 0 Å². The number of aromatic nitrogens is 2. The zero-order valence-electron chi connectivity index (χ0n) is 11.5. The van der Waals surface area contributed by atoms with E-state index >= 15 is 0 Å². The highest BCUT2D eigenvalue weighted by molar-refractivity contribution is 6.30. The van der Waals surface area contributed by atoms with Gasteiger partial charge in [-0.1, -0.05) is 11.6 Å². The Balaban J connectivity index is 2.26. The molecule has 22 heavy (non-hydrogen) atoms. The first-order valence-electron chi connectivity index (χ1n) is 6.27. The highest BCUT2D eigenvalue weighted by atomic mass is 35.5. The number of hydrogen-bond acceptors (Lipinski definition) is 4. The molecular weight excluding hydrogens is 310 g/mol. The molecule has 8 heteroatoms. The number of amides is 1. The van der Waals surface area contributed by atoms with Crippen LogP contribution in [0.2, 0.25) is 5.02 Å². The molecule has 1 atom stereocenters. The molecule has 0 saturated heterocycles. The molecule has 0 aliphatic heterocycles. The van der Waals surface area contributed by atoms with Crippen LogP contribution in [0.25, 0.3) is 11.4 Å². The maximum absolute atomic E-state index is 11.9. The smallest absolute Gasteiger partial charge is 0.325 e. The Labute approximate surface area is 130 Å². The molecule has 0 fully saturated rings. The zero-order valence-corrected chi connectivity index (χ0v) is 12.2. The lowest BCUT2D eigenvalue weighted by Crippen LogP contribution is -2.40. The Morgan fingerprint density at radius 3 is 2.50 bits per heavy atom. The number of carboxylic acids is 1. The number of carboxylic acid groups (broad SMARTS) is 1. The van der Waals surface area contributed by atoms with E-state index < -0.39 is 23.5 Å². The molecule has 0 radical (unpaired) electrons. The topological polar surface area (TPSA) is 112 Å². The number of aromatic amines is 1. The number of aliphatic carboxylic acids is 1. The zero-order chi connectivity index (χ0) is 16.3. The fourth-order valence-corrected chi connectivity index (χ4v) is 1.77. The lowest BCUT2D eigenvalue weighted by Gasteiger charge is -2.08. The number of benzene rings is 1. The Morgan fingerprint density at radius 1 is 1.32 bits per heavy atom. The van der Waals surface area contributed by atoms with Crippen molar-refractivity contribution >= 4 is 23.5 Å². The van der Waals surface area contributed by atoms with Crippen molar-refractivity contribution in [1.82, 2.24) is 15.3 Å². The summed E-state index contributed by atoms with van der Waals surface area (Å²) < 4.78 is 0. The van der Waals surface area contributed by atoms with E-state index in [2.05, 4.69) is 15.3 Å². The third-order valence-corrected chi connectivity index (χ3v) is 3.13. The van der Waals surface area contributed by atoms with Crippen LogP contribution in [0.1, 0.15) is 17.3 Å². The third-order valence-electron chi connectivity index (χ3n) is 2.88. The first-order chi connectivity index (χ1) is 10.4. The Hall–Kier alpha value is -2.67. The quantitative estimate of drug-likeness (QED) is 0.785. The second-order valence-corrected chi connectivity index (χ2v) is 4.95. The summed E-state index contributed by atoms with van der Waals surface area (Å²) in [6, 6.07) is 5.53. The van der Waals surface area contributed by atoms with Gasteiger partial charge in [0.25, 0.3) is 11.5 Å². The second-order valence-electron chi connectivity index (χ2n) is 4.51. The molecule has 0 aliphatic carbocycles. The molecule has 114 valence electrons. The van der Waals surface area contributed by atoms with E-state index in [4.69, 9.17) is 16.7 Å². The van der Waals surface area contributed by atoms with Gasteiger partial charge in [-0.2, -0.15) is 0 Å². The van der Waals surface area contributed by atoms with Crippen LogP contribution < -0.4 is 10.9 Å². The largest absolute Gasteiger partial charge is 0.480 e. The standard InChI is InChI=1S/C14H12ClN3O4/c1-7(14(21)22)17-12(19)10-6-16-11(18-13(10)20)8-2-4-9(15)5-3-8/h2-7H,1H3,(H,17,19)(H,21,22)(H,16,18,20). The number of H-pyrrole nitrogens is 1. The van der Waals surface area contributed by atoms with Gasteiger partial charge in [-0.25, -0.2) is 4.98 Å². The number of hydrogen-bond donors (Lipinski definition) is 3. The lowest BCUT2D eigenvalue weighted by molar-refractivity contribution is -0.138. The number of nitrogens with one attached hydrogen (secondary N) is 2. The summed E-state index contributed by atoms with van der Waals surface area (Å²) in [5, 5.41) is 11.5. The van der Waals surface area contributed by atoms with Gasteiger partial charge >= 0.3 is 5.97 Å². The first-order valence-corrected chi connectivity index (χ1v) is 6.65. The molecule has 0 bridgehead atoms. The van der Waals surface area contributed by atoms with Gasteiger partial charge in [0.1, 0.15) is 17.4 Å². The Bertz CT molecular complexity index is 770. The van der Waals surface area contributed by atoms with E-state index in [1.807, 2.05) is 0 Å². The van der Waals surface area contributed by atoms with E-state index in [1.54, 1.807) is 24.3 Å². The van der Waals surface area contributed by atoms with Crippen LogP contribution in [-0.4, -0.2) is 33.0 Å². The summed E-state index contributed by atoms with van der Waals surface area (Å²) in [4.78, 5) is 40.9. The van der Waals surface area contributed by atoms with E-state index in [1.165, 1.54) is 6.92 Å². The molecule has 2 aromatic rings. The van der Waals surface area contributed by atoms with Gasteiger partial charge in [-0.3, -0.25) is 14.4 Å². The molecule has 7 nitrogen and oxygen atoms in total. The molecule has 1 aromatic heterocycles. The normalized spacial score (nSPS) is 11.7. The molecule has 1 heterocycles. The summed E-state index contributed by atoms with van der Waals surface area (Å²) in [7, 11) is 0. The maximum Gasteiger partial charge on any atom is 0.325 e. The maximum atomic E-state index is 11.9. The number of rotatable bonds is 4. The van der Waals surface area contributed by atoms with Gasteiger partial charge in [-0.15, -0.1) is 0 Å². The number of nitrogens with zero attached hydrogens (tertiary/aromatic N) is 1. The van der Waals surface area contributed by atoms with E-state index in [-0.39, 0.29) is 11.4 Å². The SMILES string of the molecule is CC(NC(=O)c1cnc(-c2ccc(Cl)cc2)[nH]c1=O)C(=O)O. The molecule has 1 amide bonds. The van der Waals surface area contributed by atoms with Crippen LogP contribution in [0, 0.1) is 0 Å². The Morgan fingerprint density at radius 2 is 1.95 bits per heavy atom. The first kappa shape index (κ1) is 15.7. The highest BCUT2D eigenvalue weighted by Gasteiger charge is 2.18. The summed E-state index contributed by atoms with van der Waals surface area (Å²) >= 11 is 5.78. The molecule has 0 saturated carbocycles. The monoisotopic (exact) mass is 321 g/mol. The number of halogens is 1. The summed E-state index contributed by atoms with van der Waals surface area (Å²) in [6.07, 6.45) is 1.10. The average molecular weight is 322 g/mol. The van der Waals surface area contributed by atoms with Crippen LogP contribution in [-0.2, 0) is 4.79 Å². The Kier molecular flexibility index (Phi) is 4.57. The molecule has 0 spiro atoms. The van der Waals surface area contributed by atoms with Crippen molar-refractivity contribution in [1.29, 1.82) is 0 Å². The van der Waals surface area contributed by atoms with Crippen LogP contribution in [0.4, 0.5) is 0 Å². The molecule has 1 aromatic carbocycles. The summed E-state index contributed by atoms with van der Waals surface area (Å²) in [6.45, 7) is 1.30. The van der Waals surface area contributed by atoms with Crippen LogP contribution in [0.15, 0.2) is 35.3 Å². The van der Waals surface area contributed by atoms with Crippen LogP contribution >= 0.6 is 11.6 Å². The van der Waals surface area contributed by atoms with Gasteiger partial charge in [0.15, 0.2) is 0 Å². The molecular formula is C14H12ClN3O4. The van der Waals surface area contributed by atoms with E-state index in [0.29, 0.717) is 10.6 Å².